The molecule has 0 spiro atoms. The summed E-state index contributed by atoms with van der Waals surface area (Å²) in [5.41, 5.74) is 22.2. The standard InChI is InChI=1S/C68H55N5/c1-4-11-50-25-33-67(73-45-50)56-30-32-63(64(42-56)57-37-47(3)68(59(41-57)44-70)60-31-24-53(43-69)36-46(60)2)62-13-6-5-12-61(62)58-39-51(18-16-48-20-26-54(27-21-48)65-14-7-9-34-71-65)38-52(40-58)19-17-49-22-28-55(29-23-49)66-15-8-10-35-72-66/h5-10,12-15,20-42,45H,4,11,16-19H2,1-3H3/i11D2. The molecule has 3 heterocycles. The predicted molar refractivity (Wildman–Crippen MR) is 298 cm³/mol. The first kappa shape index (κ1) is 45.1. The molecule has 0 atom stereocenters. The summed E-state index contributed by atoms with van der Waals surface area (Å²) < 4.78 is 17.1. The van der Waals surface area contributed by atoms with Crippen LogP contribution in [0.4, 0.5) is 0 Å². The molecule has 0 saturated carbocycles. The van der Waals surface area contributed by atoms with Gasteiger partial charge in [0.05, 0.1) is 40.3 Å². The SMILES string of the molecule is [2H]C([2H])(CC)c1ccc(-c2ccc(-c3ccccc3-c3cc(CCc4ccc(-c5ccccn5)cc4)cc(CCc4ccc(-c5ccccn5)cc4)c3)c(-c3cc(C)c(-c4ccc(C#N)cc4C)c(C#N)c3)c2)nc1. The summed E-state index contributed by atoms with van der Waals surface area (Å²) in [5.74, 6) is 0. The van der Waals surface area contributed by atoms with Crippen LogP contribution in [0, 0.1) is 36.5 Å². The zero-order valence-corrected chi connectivity index (χ0v) is 41.4. The molecular formula is C68H55N5. The zero-order chi connectivity index (χ0) is 51.9. The van der Waals surface area contributed by atoms with Gasteiger partial charge in [-0.2, -0.15) is 10.5 Å². The molecule has 0 fully saturated rings. The maximum Gasteiger partial charge on any atom is 0.0998 e. The monoisotopic (exact) mass is 943 g/mol. The molecule has 0 radical (unpaired) electrons. The van der Waals surface area contributed by atoms with Crippen molar-refractivity contribution < 1.29 is 2.74 Å². The summed E-state index contributed by atoms with van der Waals surface area (Å²) in [5, 5.41) is 20.5. The highest BCUT2D eigenvalue weighted by Gasteiger charge is 2.20. The van der Waals surface area contributed by atoms with E-state index >= 15 is 0 Å². The Bertz CT molecular complexity index is 3640. The first-order valence-corrected chi connectivity index (χ1v) is 25.0. The molecule has 10 rings (SSSR count). The maximum absolute atomic E-state index is 10.8. The molecule has 0 amide bonds. The smallest absolute Gasteiger partial charge is 0.0998 e. The average molecular weight is 944 g/mol. The quantitative estimate of drug-likeness (QED) is 0.102. The van der Waals surface area contributed by atoms with Crippen LogP contribution in [0.25, 0.3) is 78.3 Å². The van der Waals surface area contributed by atoms with Crippen molar-refractivity contribution in [1.29, 1.82) is 10.5 Å². The molecule has 5 nitrogen and oxygen atoms in total. The molecule has 10 aromatic rings. The molecule has 0 N–H and O–H groups in total. The van der Waals surface area contributed by atoms with Gasteiger partial charge in [-0.15, -0.1) is 0 Å². The lowest BCUT2D eigenvalue weighted by atomic mass is 9.84. The number of hydrogen-bond donors (Lipinski definition) is 0. The van der Waals surface area contributed by atoms with Crippen molar-refractivity contribution >= 4 is 0 Å². The van der Waals surface area contributed by atoms with Crippen molar-refractivity contribution in [3.8, 4) is 90.4 Å². The van der Waals surface area contributed by atoms with E-state index in [2.05, 4.69) is 137 Å². The fourth-order valence-corrected chi connectivity index (χ4v) is 9.96. The summed E-state index contributed by atoms with van der Waals surface area (Å²) in [6.45, 7) is 5.87. The molecule has 0 saturated heterocycles. The summed E-state index contributed by atoms with van der Waals surface area (Å²) in [7, 11) is 0. The Morgan fingerprint density at radius 1 is 0.411 bits per heavy atom. The lowest BCUT2D eigenvalue weighted by Gasteiger charge is -2.19. The highest BCUT2D eigenvalue weighted by atomic mass is 14.7. The van der Waals surface area contributed by atoms with Crippen molar-refractivity contribution in [2.75, 3.05) is 0 Å². The Morgan fingerprint density at radius 2 is 0.959 bits per heavy atom. The van der Waals surface area contributed by atoms with Gasteiger partial charge in [0.1, 0.15) is 0 Å². The van der Waals surface area contributed by atoms with E-state index in [1.807, 2.05) is 106 Å². The van der Waals surface area contributed by atoms with Crippen LogP contribution < -0.4 is 0 Å². The molecule has 0 bridgehead atoms. The number of benzene rings is 7. The second kappa shape index (κ2) is 21.9. The molecule has 5 heteroatoms. The Morgan fingerprint density at radius 3 is 1.52 bits per heavy atom. The van der Waals surface area contributed by atoms with Gasteiger partial charge < -0.3 is 0 Å². The van der Waals surface area contributed by atoms with E-state index in [-0.39, 0.29) is 0 Å². The van der Waals surface area contributed by atoms with E-state index in [0.717, 1.165) is 115 Å². The molecule has 0 aliphatic heterocycles. The van der Waals surface area contributed by atoms with Crippen molar-refractivity contribution in [2.24, 2.45) is 0 Å². The number of nitrogens with zero attached hydrogens (tertiary/aromatic N) is 5. The summed E-state index contributed by atoms with van der Waals surface area (Å²) in [6, 6.07) is 69.9. The van der Waals surface area contributed by atoms with Gasteiger partial charge in [0.15, 0.2) is 0 Å². The number of hydrogen-bond acceptors (Lipinski definition) is 5. The zero-order valence-electron chi connectivity index (χ0n) is 43.4. The Labute approximate surface area is 432 Å². The van der Waals surface area contributed by atoms with Crippen LogP contribution in [0.3, 0.4) is 0 Å². The third-order valence-corrected chi connectivity index (χ3v) is 13.7. The Kier molecular flexibility index (Phi) is 13.6. The fourth-order valence-electron chi connectivity index (χ4n) is 9.96. The molecule has 0 aliphatic carbocycles. The van der Waals surface area contributed by atoms with E-state index in [1.165, 1.54) is 22.3 Å². The predicted octanol–water partition coefficient (Wildman–Crippen LogP) is 16.4. The highest BCUT2D eigenvalue weighted by molar-refractivity contribution is 5.95. The van der Waals surface area contributed by atoms with E-state index in [1.54, 1.807) is 6.20 Å². The van der Waals surface area contributed by atoms with Gasteiger partial charge in [-0.3, -0.25) is 15.0 Å². The first-order chi connectivity index (χ1) is 36.6. The van der Waals surface area contributed by atoms with Gasteiger partial charge >= 0.3 is 0 Å². The number of nitriles is 2. The second-order valence-corrected chi connectivity index (χ2v) is 18.6. The largest absolute Gasteiger partial charge is 0.256 e. The number of aryl methyl sites for hydroxylation is 7. The minimum absolute atomic E-state index is 0.345. The molecule has 3 aromatic heterocycles. The van der Waals surface area contributed by atoms with Crippen LogP contribution in [-0.4, -0.2) is 15.0 Å². The molecule has 0 unspecified atom stereocenters. The van der Waals surface area contributed by atoms with E-state index in [4.69, 9.17) is 7.73 Å². The van der Waals surface area contributed by atoms with Crippen molar-refractivity contribution in [2.45, 2.75) is 59.2 Å². The minimum Gasteiger partial charge on any atom is -0.256 e. The maximum atomic E-state index is 10.8. The van der Waals surface area contributed by atoms with Gasteiger partial charge in [0.2, 0.25) is 0 Å². The lowest BCUT2D eigenvalue weighted by Crippen LogP contribution is -1.99. The van der Waals surface area contributed by atoms with Crippen LogP contribution in [0.5, 0.6) is 0 Å². The van der Waals surface area contributed by atoms with Crippen LogP contribution in [-0.2, 0) is 32.1 Å². The number of pyridine rings is 3. The van der Waals surface area contributed by atoms with Gasteiger partial charge in [-0.1, -0.05) is 147 Å². The first-order valence-electron chi connectivity index (χ1n) is 26.0. The molecule has 352 valence electrons. The molecule has 0 aliphatic rings. The molecule has 7 aromatic carbocycles. The lowest BCUT2D eigenvalue weighted by molar-refractivity contribution is 0.914. The molecule has 73 heavy (non-hydrogen) atoms. The minimum atomic E-state index is -1.49. The Hall–Kier alpha value is -9.03. The third-order valence-electron chi connectivity index (χ3n) is 13.7. The van der Waals surface area contributed by atoms with Crippen molar-refractivity contribution in [3.63, 3.8) is 0 Å². The molecular weight excluding hydrogens is 887 g/mol. The normalized spacial score (nSPS) is 11.6. The van der Waals surface area contributed by atoms with Gasteiger partial charge in [-0.05, 0) is 178 Å². The number of rotatable bonds is 15. The summed E-state index contributed by atoms with van der Waals surface area (Å²) in [6.07, 6.45) is 7.64. The van der Waals surface area contributed by atoms with Crippen LogP contribution in [0.15, 0.2) is 207 Å². The van der Waals surface area contributed by atoms with Crippen LogP contribution in [0.1, 0.15) is 66.2 Å². The topological polar surface area (TPSA) is 86.2 Å². The second-order valence-electron chi connectivity index (χ2n) is 18.6. The average Bonchev–Trinajstić information content (AvgIpc) is 3.46. The van der Waals surface area contributed by atoms with Crippen molar-refractivity contribution in [1.82, 2.24) is 15.0 Å². The van der Waals surface area contributed by atoms with E-state index in [9.17, 15) is 10.5 Å². The van der Waals surface area contributed by atoms with Crippen LogP contribution in [0.2, 0.25) is 0 Å². The summed E-state index contributed by atoms with van der Waals surface area (Å²) >= 11 is 0. The van der Waals surface area contributed by atoms with E-state index in [0.29, 0.717) is 23.1 Å². The fraction of sp³-hybridized carbons (Fsp3) is 0.132. The highest BCUT2D eigenvalue weighted by Crippen LogP contribution is 2.43. The third kappa shape index (κ3) is 10.8. The Balaban J connectivity index is 1.06. The summed E-state index contributed by atoms with van der Waals surface area (Å²) in [4.78, 5) is 13.9. The van der Waals surface area contributed by atoms with Crippen LogP contribution >= 0.6 is 0 Å². The number of aromatic nitrogens is 3. The van der Waals surface area contributed by atoms with E-state index < -0.39 is 6.37 Å². The van der Waals surface area contributed by atoms with Crippen molar-refractivity contribution in [3.05, 3.63) is 257 Å². The van der Waals surface area contributed by atoms with Gasteiger partial charge in [-0.25, -0.2) is 0 Å². The van der Waals surface area contributed by atoms with Gasteiger partial charge in [0, 0.05) is 43.6 Å². The van der Waals surface area contributed by atoms with Gasteiger partial charge in [0.25, 0.3) is 0 Å².